The van der Waals surface area contributed by atoms with E-state index in [1.165, 1.54) is 12.7 Å². The van der Waals surface area contributed by atoms with Crippen LogP contribution < -0.4 is 0 Å². The van der Waals surface area contributed by atoms with Crippen molar-refractivity contribution in [2.75, 3.05) is 19.9 Å². The lowest BCUT2D eigenvalue weighted by atomic mass is 9.78. The Morgan fingerprint density at radius 2 is 1.87 bits per heavy atom. The molecular formula is C20H29N5O4S. The van der Waals surface area contributed by atoms with Gasteiger partial charge in [0.05, 0.1) is 30.2 Å². The Bertz CT molecular complexity index is 965. The summed E-state index contributed by atoms with van der Waals surface area (Å²) in [6.07, 6.45) is 6.68. The van der Waals surface area contributed by atoms with Crippen molar-refractivity contribution in [1.82, 2.24) is 25.1 Å². The molecule has 1 fully saturated rings. The van der Waals surface area contributed by atoms with Gasteiger partial charge in [0.1, 0.15) is 0 Å². The van der Waals surface area contributed by atoms with Gasteiger partial charge in [0, 0.05) is 11.8 Å². The molecular weight excluding hydrogens is 406 g/mol. The predicted molar refractivity (Wildman–Crippen MR) is 111 cm³/mol. The minimum Gasteiger partial charge on any atom is -0.466 e. The van der Waals surface area contributed by atoms with Crippen LogP contribution >= 0.6 is 0 Å². The van der Waals surface area contributed by atoms with Crippen LogP contribution in [0.5, 0.6) is 0 Å². The molecule has 30 heavy (non-hydrogen) atoms. The molecule has 1 aromatic carbocycles. The van der Waals surface area contributed by atoms with Gasteiger partial charge in [-0.25, -0.2) is 8.42 Å². The van der Waals surface area contributed by atoms with Gasteiger partial charge in [0.15, 0.2) is 15.7 Å². The highest BCUT2D eigenvalue weighted by Gasteiger charge is 2.39. The highest BCUT2D eigenvalue weighted by Crippen LogP contribution is 2.37. The minimum absolute atomic E-state index is 0.179. The van der Waals surface area contributed by atoms with E-state index in [9.17, 15) is 13.2 Å². The fourth-order valence-corrected chi connectivity index (χ4v) is 4.73. The maximum Gasteiger partial charge on any atom is 0.307 e. The SMILES string of the molecule is CCOC(=O)CC1(N(C)Cc2nnnn2-c2ccc(S(C)(=O)=O)cc2)CCCCC1. The molecule has 0 saturated heterocycles. The van der Waals surface area contributed by atoms with Gasteiger partial charge in [-0.1, -0.05) is 19.3 Å². The van der Waals surface area contributed by atoms with Crippen LogP contribution in [-0.4, -0.2) is 64.9 Å². The summed E-state index contributed by atoms with van der Waals surface area (Å²) in [7, 11) is -1.27. The molecule has 9 nitrogen and oxygen atoms in total. The molecule has 0 unspecified atom stereocenters. The van der Waals surface area contributed by atoms with E-state index in [1.807, 2.05) is 14.0 Å². The molecule has 3 rings (SSSR count). The molecule has 0 N–H and O–H groups in total. The summed E-state index contributed by atoms with van der Waals surface area (Å²) in [5.41, 5.74) is 0.403. The Kier molecular flexibility index (Phi) is 6.87. The van der Waals surface area contributed by atoms with Gasteiger partial charge in [0.2, 0.25) is 0 Å². The summed E-state index contributed by atoms with van der Waals surface area (Å²) < 4.78 is 30.2. The molecule has 0 bridgehead atoms. The molecule has 164 valence electrons. The summed E-state index contributed by atoms with van der Waals surface area (Å²) in [6.45, 7) is 2.65. The van der Waals surface area contributed by atoms with Gasteiger partial charge in [-0.3, -0.25) is 9.69 Å². The smallest absolute Gasteiger partial charge is 0.307 e. The van der Waals surface area contributed by atoms with Gasteiger partial charge < -0.3 is 4.74 Å². The first kappa shape index (κ1) is 22.4. The molecule has 1 aliphatic carbocycles. The van der Waals surface area contributed by atoms with Crippen LogP contribution in [0.4, 0.5) is 0 Å². The van der Waals surface area contributed by atoms with Crippen molar-refractivity contribution < 1.29 is 17.9 Å². The molecule has 0 aliphatic heterocycles. The molecule has 1 heterocycles. The number of ether oxygens (including phenoxy) is 1. The number of aromatic nitrogens is 4. The van der Waals surface area contributed by atoms with Gasteiger partial charge in [-0.15, -0.1) is 5.10 Å². The van der Waals surface area contributed by atoms with Crippen LogP contribution in [0.2, 0.25) is 0 Å². The predicted octanol–water partition coefficient (Wildman–Crippen LogP) is 2.15. The lowest BCUT2D eigenvalue weighted by Gasteiger charge is -2.44. The Morgan fingerprint density at radius 3 is 2.47 bits per heavy atom. The molecule has 0 amide bonds. The third-order valence-electron chi connectivity index (χ3n) is 5.79. The highest BCUT2D eigenvalue weighted by atomic mass is 32.2. The normalized spacial score (nSPS) is 16.5. The van der Waals surface area contributed by atoms with Gasteiger partial charge in [-0.05, 0) is 61.5 Å². The first-order chi connectivity index (χ1) is 14.2. The van der Waals surface area contributed by atoms with E-state index in [1.54, 1.807) is 28.9 Å². The van der Waals surface area contributed by atoms with E-state index in [2.05, 4.69) is 20.4 Å². The molecule has 2 aromatic rings. The average Bonchev–Trinajstić information content (AvgIpc) is 3.16. The molecule has 1 aromatic heterocycles. The number of nitrogens with zero attached hydrogens (tertiary/aromatic N) is 5. The number of carbonyl (C=O) groups is 1. The Labute approximate surface area is 177 Å². The number of benzene rings is 1. The van der Waals surface area contributed by atoms with Crippen molar-refractivity contribution >= 4 is 15.8 Å². The van der Waals surface area contributed by atoms with Crippen molar-refractivity contribution in [3.05, 3.63) is 30.1 Å². The zero-order chi connectivity index (χ0) is 21.8. The van der Waals surface area contributed by atoms with Crippen molar-refractivity contribution in [2.45, 2.75) is 62.4 Å². The van der Waals surface area contributed by atoms with E-state index in [0.29, 0.717) is 31.1 Å². The van der Waals surface area contributed by atoms with Crippen LogP contribution in [-0.2, 0) is 25.9 Å². The quantitative estimate of drug-likeness (QED) is 0.581. The van der Waals surface area contributed by atoms with Gasteiger partial charge in [0.25, 0.3) is 0 Å². The van der Waals surface area contributed by atoms with E-state index in [4.69, 9.17) is 4.74 Å². The molecule has 0 radical (unpaired) electrons. The van der Waals surface area contributed by atoms with Crippen LogP contribution in [0, 0.1) is 0 Å². The van der Waals surface area contributed by atoms with Crippen molar-refractivity contribution in [1.29, 1.82) is 0 Å². The second-order valence-electron chi connectivity index (χ2n) is 7.90. The van der Waals surface area contributed by atoms with Crippen LogP contribution in [0.1, 0.15) is 51.3 Å². The molecule has 0 spiro atoms. The first-order valence-electron chi connectivity index (χ1n) is 10.2. The Hall–Kier alpha value is -2.33. The third-order valence-corrected chi connectivity index (χ3v) is 6.92. The van der Waals surface area contributed by atoms with Gasteiger partial charge in [-0.2, -0.15) is 4.68 Å². The first-order valence-corrected chi connectivity index (χ1v) is 12.1. The number of hydrogen-bond acceptors (Lipinski definition) is 8. The van der Waals surface area contributed by atoms with Crippen LogP contribution in [0.3, 0.4) is 0 Å². The van der Waals surface area contributed by atoms with Crippen LogP contribution in [0.25, 0.3) is 5.69 Å². The molecule has 0 atom stereocenters. The number of tetrazole rings is 1. The maximum absolute atomic E-state index is 12.3. The van der Waals surface area contributed by atoms with Crippen molar-refractivity contribution in [3.8, 4) is 5.69 Å². The molecule has 1 saturated carbocycles. The van der Waals surface area contributed by atoms with Crippen LogP contribution in [0.15, 0.2) is 29.2 Å². The highest BCUT2D eigenvalue weighted by molar-refractivity contribution is 7.90. The Morgan fingerprint density at radius 1 is 1.20 bits per heavy atom. The summed E-state index contributed by atoms with van der Waals surface area (Å²) in [5.74, 6) is 0.445. The second kappa shape index (κ2) is 9.22. The summed E-state index contributed by atoms with van der Waals surface area (Å²) in [4.78, 5) is 14.7. The van der Waals surface area contributed by atoms with E-state index in [0.717, 1.165) is 25.7 Å². The largest absolute Gasteiger partial charge is 0.466 e. The maximum atomic E-state index is 12.3. The lowest BCUT2D eigenvalue weighted by molar-refractivity contribution is -0.147. The number of rotatable bonds is 8. The van der Waals surface area contributed by atoms with E-state index >= 15 is 0 Å². The number of carbonyl (C=O) groups excluding carboxylic acids is 1. The minimum atomic E-state index is -3.27. The summed E-state index contributed by atoms with van der Waals surface area (Å²) in [6, 6.07) is 6.46. The summed E-state index contributed by atoms with van der Waals surface area (Å²) >= 11 is 0. The van der Waals surface area contributed by atoms with Gasteiger partial charge >= 0.3 is 5.97 Å². The molecule has 10 heteroatoms. The zero-order valence-corrected chi connectivity index (χ0v) is 18.6. The Balaban J connectivity index is 1.82. The average molecular weight is 436 g/mol. The lowest BCUT2D eigenvalue weighted by Crippen LogP contribution is -2.49. The van der Waals surface area contributed by atoms with Crippen molar-refractivity contribution in [3.63, 3.8) is 0 Å². The fourth-order valence-electron chi connectivity index (χ4n) is 4.10. The topological polar surface area (TPSA) is 107 Å². The van der Waals surface area contributed by atoms with Crippen molar-refractivity contribution in [2.24, 2.45) is 0 Å². The molecule has 1 aliphatic rings. The number of hydrogen-bond donors (Lipinski definition) is 0. The summed E-state index contributed by atoms with van der Waals surface area (Å²) in [5, 5.41) is 12.1. The fraction of sp³-hybridized carbons (Fsp3) is 0.600. The number of sulfone groups is 1. The van der Waals surface area contributed by atoms with E-state index < -0.39 is 9.84 Å². The third kappa shape index (κ3) is 5.04. The zero-order valence-electron chi connectivity index (χ0n) is 17.7. The standard InChI is InChI=1S/C20H29N5O4S/c1-4-29-19(26)14-20(12-6-5-7-13-20)24(2)15-18-21-22-23-25(18)16-8-10-17(11-9-16)30(3,27)28/h8-11H,4-7,12-15H2,1-3H3. The number of esters is 1. The monoisotopic (exact) mass is 435 g/mol. The van der Waals surface area contributed by atoms with E-state index in [-0.39, 0.29) is 16.4 Å². The second-order valence-corrected chi connectivity index (χ2v) is 9.91.